The van der Waals surface area contributed by atoms with Gasteiger partial charge in [0, 0.05) is 18.5 Å². The molecule has 0 bridgehead atoms. The van der Waals surface area contributed by atoms with Gasteiger partial charge in [-0.25, -0.2) is 0 Å². The van der Waals surface area contributed by atoms with Crippen molar-refractivity contribution < 1.29 is 0 Å². The molecule has 17 heavy (non-hydrogen) atoms. The van der Waals surface area contributed by atoms with Gasteiger partial charge in [0.1, 0.15) is 0 Å². The van der Waals surface area contributed by atoms with E-state index in [1.165, 1.54) is 38.9 Å². The number of hydrogen-bond donors (Lipinski definition) is 1. The summed E-state index contributed by atoms with van der Waals surface area (Å²) in [7, 11) is 2.09. The number of piperidine rings is 1. The van der Waals surface area contributed by atoms with Crippen LogP contribution in [0.2, 0.25) is 0 Å². The number of rotatable bonds is 3. The average Bonchev–Trinajstić information content (AvgIpc) is 2.37. The van der Waals surface area contributed by atoms with Crippen molar-refractivity contribution in [2.24, 2.45) is 0 Å². The standard InChI is InChI=1S/C15H22N2/c1-16-14-6-8-17(9-7-14)11-13-10-12-4-2-3-5-15(12)13/h2-5,13-14,16H,6-11H2,1H3. The fourth-order valence-electron chi connectivity index (χ4n) is 3.24. The minimum atomic E-state index is 0.750. The number of likely N-dealkylation sites (tertiary alicyclic amines) is 1. The quantitative estimate of drug-likeness (QED) is 0.854. The third-order valence-electron chi connectivity index (χ3n) is 4.44. The second-order valence-corrected chi connectivity index (χ2v) is 5.46. The molecule has 1 aromatic rings. The molecule has 2 heteroatoms. The van der Waals surface area contributed by atoms with Crippen LogP contribution in [0, 0.1) is 0 Å². The fourth-order valence-corrected chi connectivity index (χ4v) is 3.24. The van der Waals surface area contributed by atoms with Gasteiger partial charge in [-0.15, -0.1) is 0 Å². The van der Waals surface area contributed by atoms with Gasteiger partial charge in [0.2, 0.25) is 0 Å². The summed E-state index contributed by atoms with van der Waals surface area (Å²) in [5.41, 5.74) is 3.17. The van der Waals surface area contributed by atoms with Crippen LogP contribution in [0.3, 0.4) is 0 Å². The first-order chi connectivity index (χ1) is 8.36. The molecule has 1 saturated heterocycles. The Morgan fingerprint density at radius 1 is 1.24 bits per heavy atom. The molecule has 0 spiro atoms. The summed E-state index contributed by atoms with van der Waals surface area (Å²) in [5.74, 6) is 0.803. The van der Waals surface area contributed by atoms with Crippen LogP contribution in [0.4, 0.5) is 0 Å². The molecule has 0 saturated carbocycles. The zero-order valence-electron chi connectivity index (χ0n) is 10.7. The van der Waals surface area contributed by atoms with Crippen molar-refractivity contribution in [1.29, 1.82) is 0 Å². The number of benzene rings is 1. The van der Waals surface area contributed by atoms with Crippen LogP contribution in [0.1, 0.15) is 29.9 Å². The van der Waals surface area contributed by atoms with Gasteiger partial charge in [-0.2, -0.15) is 0 Å². The summed E-state index contributed by atoms with van der Waals surface area (Å²) in [5, 5.41) is 3.39. The average molecular weight is 230 g/mol. The van der Waals surface area contributed by atoms with E-state index < -0.39 is 0 Å². The molecule has 3 rings (SSSR count). The van der Waals surface area contributed by atoms with Gasteiger partial charge in [-0.1, -0.05) is 24.3 Å². The topological polar surface area (TPSA) is 15.3 Å². The zero-order valence-corrected chi connectivity index (χ0v) is 10.7. The summed E-state index contributed by atoms with van der Waals surface area (Å²) in [4.78, 5) is 2.65. The first-order valence-corrected chi connectivity index (χ1v) is 6.84. The third kappa shape index (κ3) is 2.24. The van der Waals surface area contributed by atoms with E-state index >= 15 is 0 Å². The molecule has 1 fully saturated rings. The first-order valence-electron chi connectivity index (χ1n) is 6.84. The fraction of sp³-hybridized carbons (Fsp3) is 0.600. The maximum atomic E-state index is 3.39. The second kappa shape index (κ2) is 4.79. The van der Waals surface area contributed by atoms with Crippen molar-refractivity contribution in [1.82, 2.24) is 10.2 Å². The lowest BCUT2D eigenvalue weighted by Gasteiger charge is -2.38. The Morgan fingerprint density at radius 3 is 2.71 bits per heavy atom. The molecule has 0 radical (unpaired) electrons. The molecule has 0 aromatic heterocycles. The Labute approximate surface area is 104 Å². The Bertz CT molecular complexity index is 380. The van der Waals surface area contributed by atoms with Gasteiger partial charge in [-0.3, -0.25) is 0 Å². The Balaban J connectivity index is 1.53. The highest BCUT2D eigenvalue weighted by atomic mass is 15.1. The van der Waals surface area contributed by atoms with Crippen LogP contribution in [0.15, 0.2) is 24.3 Å². The van der Waals surface area contributed by atoms with Crippen LogP contribution < -0.4 is 5.32 Å². The largest absolute Gasteiger partial charge is 0.317 e. The lowest BCUT2D eigenvalue weighted by Crippen LogP contribution is -2.43. The molecular weight excluding hydrogens is 208 g/mol. The molecule has 2 nitrogen and oxygen atoms in total. The van der Waals surface area contributed by atoms with Crippen molar-refractivity contribution in [2.45, 2.75) is 31.2 Å². The second-order valence-electron chi connectivity index (χ2n) is 5.46. The highest BCUT2D eigenvalue weighted by molar-refractivity contribution is 5.40. The van der Waals surface area contributed by atoms with E-state index in [4.69, 9.17) is 0 Å². The Hall–Kier alpha value is -0.860. The van der Waals surface area contributed by atoms with Crippen molar-refractivity contribution in [2.75, 3.05) is 26.7 Å². The third-order valence-corrected chi connectivity index (χ3v) is 4.44. The number of nitrogens with one attached hydrogen (secondary N) is 1. The van der Waals surface area contributed by atoms with E-state index in [0.717, 1.165) is 12.0 Å². The number of fused-ring (bicyclic) bond motifs is 1. The van der Waals surface area contributed by atoms with Crippen molar-refractivity contribution >= 4 is 0 Å². The van der Waals surface area contributed by atoms with E-state index in [1.54, 1.807) is 11.1 Å². The molecular formula is C15H22N2. The molecule has 1 aromatic carbocycles. The van der Waals surface area contributed by atoms with Gasteiger partial charge in [-0.05, 0) is 50.5 Å². The van der Waals surface area contributed by atoms with Crippen LogP contribution in [-0.2, 0) is 6.42 Å². The van der Waals surface area contributed by atoms with Crippen LogP contribution in [0.25, 0.3) is 0 Å². The van der Waals surface area contributed by atoms with Crippen LogP contribution in [0.5, 0.6) is 0 Å². The van der Waals surface area contributed by atoms with Gasteiger partial charge in [0.05, 0.1) is 0 Å². The molecule has 1 unspecified atom stereocenters. The summed E-state index contributed by atoms with van der Waals surface area (Å²) < 4.78 is 0. The minimum absolute atomic E-state index is 0.750. The molecule has 1 atom stereocenters. The number of hydrogen-bond acceptors (Lipinski definition) is 2. The lowest BCUT2D eigenvalue weighted by atomic mass is 9.77. The normalized spacial score (nSPS) is 25.4. The van der Waals surface area contributed by atoms with E-state index in [1.807, 2.05) is 0 Å². The van der Waals surface area contributed by atoms with Gasteiger partial charge in [0.15, 0.2) is 0 Å². The van der Waals surface area contributed by atoms with Crippen LogP contribution >= 0.6 is 0 Å². The molecule has 2 aliphatic rings. The molecule has 1 heterocycles. The Kier molecular flexibility index (Phi) is 3.17. The molecule has 1 N–H and O–H groups in total. The molecule has 92 valence electrons. The predicted octanol–water partition coefficient (Wildman–Crippen LogP) is 2.01. The van der Waals surface area contributed by atoms with Gasteiger partial charge < -0.3 is 10.2 Å². The maximum Gasteiger partial charge on any atom is 0.00884 e. The van der Waals surface area contributed by atoms with Gasteiger partial charge in [0.25, 0.3) is 0 Å². The smallest absolute Gasteiger partial charge is 0.00884 e. The number of nitrogens with zero attached hydrogens (tertiary/aromatic N) is 1. The summed E-state index contributed by atoms with van der Waals surface area (Å²) in [6.45, 7) is 3.81. The van der Waals surface area contributed by atoms with Crippen molar-refractivity contribution in [3.8, 4) is 0 Å². The molecule has 0 amide bonds. The van der Waals surface area contributed by atoms with Gasteiger partial charge >= 0.3 is 0 Å². The van der Waals surface area contributed by atoms with E-state index in [2.05, 4.69) is 41.5 Å². The predicted molar refractivity (Wildman–Crippen MR) is 71.4 cm³/mol. The highest BCUT2D eigenvalue weighted by Crippen LogP contribution is 2.35. The summed E-state index contributed by atoms with van der Waals surface area (Å²) in [6.07, 6.45) is 3.91. The van der Waals surface area contributed by atoms with Crippen molar-refractivity contribution in [3.05, 3.63) is 35.4 Å². The molecule has 1 aliphatic heterocycles. The summed E-state index contributed by atoms with van der Waals surface area (Å²) in [6, 6.07) is 9.68. The lowest BCUT2D eigenvalue weighted by molar-refractivity contribution is 0.186. The van der Waals surface area contributed by atoms with Crippen LogP contribution in [-0.4, -0.2) is 37.6 Å². The Morgan fingerprint density at radius 2 is 2.00 bits per heavy atom. The zero-order chi connectivity index (χ0) is 11.7. The highest BCUT2D eigenvalue weighted by Gasteiger charge is 2.28. The van der Waals surface area contributed by atoms with E-state index in [0.29, 0.717) is 0 Å². The molecule has 1 aliphatic carbocycles. The summed E-state index contributed by atoms with van der Waals surface area (Å²) >= 11 is 0. The maximum absolute atomic E-state index is 3.39. The SMILES string of the molecule is CNC1CCN(CC2Cc3ccccc32)CC1. The monoisotopic (exact) mass is 230 g/mol. The first kappa shape index (κ1) is 11.2. The van der Waals surface area contributed by atoms with Crippen molar-refractivity contribution in [3.63, 3.8) is 0 Å². The van der Waals surface area contributed by atoms with E-state index in [-0.39, 0.29) is 0 Å². The van der Waals surface area contributed by atoms with E-state index in [9.17, 15) is 0 Å². The minimum Gasteiger partial charge on any atom is -0.317 e.